The van der Waals surface area contributed by atoms with E-state index < -0.39 is 0 Å². The summed E-state index contributed by atoms with van der Waals surface area (Å²) in [4.78, 5) is 21.7. The van der Waals surface area contributed by atoms with Crippen molar-refractivity contribution < 1.29 is 4.79 Å². The number of rotatable bonds is 2. The Balaban J connectivity index is 1.60. The Bertz CT molecular complexity index is 886. The third-order valence-corrected chi connectivity index (χ3v) is 5.33. The van der Waals surface area contributed by atoms with Gasteiger partial charge in [-0.25, -0.2) is 4.98 Å². The number of hydrogen-bond donors (Lipinski definition) is 0. The Kier molecular flexibility index (Phi) is 4.34. The number of hydrogen-bond acceptors (Lipinski definition) is 4. The van der Waals surface area contributed by atoms with E-state index in [0.717, 1.165) is 43.0 Å². The number of nitriles is 1. The van der Waals surface area contributed by atoms with Gasteiger partial charge in [-0.2, -0.15) is 5.26 Å². The smallest absolute Gasteiger partial charge is 0.258 e. The molecule has 1 atom stereocenters. The summed E-state index contributed by atoms with van der Waals surface area (Å²) in [6.07, 6.45) is 4.97. The molecule has 2 aliphatic rings. The molecule has 5 nitrogen and oxygen atoms in total. The van der Waals surface area contributed by atoms with Crippen LogP contribution in [0.15, 0.2) is 36.5 Å². The average Bonchev–Trinajstić information content (AvgIpc) is 3.10. The summed E-state index contributed by atoms with van der Waals surface area (Å²) in [5, 5.41) is 9.15. The Morgan fingerprint density at radius 1 is 1.27 bits per heavy atom. The third-order valence-electron chi connectivity index (χ3n) is 5.33. The van der Waals surface area contributed by atoms with E-state index in [4.69, 9.17) is 5.26 Å². The number of carbonyl (C=O) groups excluding carboxylic acids is 1. The minimum absolute atomic E-state index is 0.0208. The van der Waals surface area contributed by atoms with Crippen molar-refractivity contribution >= 4 is 17.4 Å². The molecule has 5 heteroatoms. The first-order valence-electron chi connectivity index (χ1n) is 9.21. The van der Waals surface area contributed by atoms with E-state index in [1.54, 1.807) is 17.2 Å². The number of anilines is 2. The van der Waals surface area contributed by atoms with E-state index >= 15 is 0 Å². The second-order valence-corrected chi connectivity index (χ2v) is 7.26. The number of piperidine rings is 1. The maximum Gasteiger partial charge on any atom is 0.258 e. The fourth-order valence-corrected chi connectivity index (χ4v) is 3.94. The molecule has 0 radical (unpaired) electrons. The normalized spacial score (nSPS) is 19.2. The molecule has 4 rings (SSSR count). The van der Waals surface area contributed by atoms with Crippen LogP contribution in [0, 0.1) is 17.2 Å². The standard InChI is InChI=1S/C21H22N4O/c1-15-3-2-9-24(14-15)20-12-18(6-8-23-20)21(26)25-10-7-17-5-4-16(13-22)11-19(17)25/h4-6,8,11-12,15H,2-3,7,9-10,14H2,1H3. The Hall–Kier alpha value is -2.87. The van der Waals surface area contributed by atoms with E-state index in [1.807, 2.05) is 24.3 Å². The molecule has 1 unspecified atom stereocenters. The van der Waals surface area contributed by atoms with E-state index in [9.17, 15) is 4.79 Å². The molecule has 1 aromatic heterocycles. The lowest BCUT2D eigenvalue weighted by molar-refractivity contribution is 0.0989. The van der Waals surface area contributed by atoms with Crippen molar-refractivity contribution in [2.24, 2.45) is 5.92 Å². The monoisotopic (exact) mass is 346 g/mol. The van der Waals surface area contributed by atoms with Crippen LogP contribution in [0.2, 0.25) is 0 Å². The lowest BCUT2D eigenvalue weighted by Crippen LogP contribution is -2.35. The van der Waals surface area contributed by atoms with E-state index in [-0.39, 0.29) is 5.91 Å². The highest BCUT2D eigenvalue weighted by molar-refractivity contribution is 6.07. The first kappa shape index (κ1) is 16.6. The number of nitrogens with zero attached hydrogens (tertiary/aromatic N) is 4. The maximum atomic E-state index is 13.1. The molecule has 0 aliphatic carbocycles. The molecule has 1 fully saturated rings. The van der Waals surface area contributed by atoms with Gasteiger partial charge in [0.05, 0.1) is 11.6 Å². The van der Waals surface area contributed by atoms with E-state index in [0.29, 0.717) is 23.6 Å². The quantitative estimate of drug-likeness (QED) is 0.836. The molecule has 26 heavy (non-hydrogen) atoms. The van der Waals surface area contributed by atoms with Gasteiger partial charge < -0.3 is 9.80 Å². The van der Waals surface area contributed by atoms with Gasteiger partial charge in [-0.3, -0.25) is 4.79 Å². The highest BCUT2D eigenvalue weighted by Gasteiger charge is 2.27. The Morgan fingerprint density at radius 3 is 2.96 bits per heavy atom. The van der Waals surface area contributed by atoms with Gasteiger partial charge in [0.1, 0.15) is 5.82 Å². The van der Waals surface area contributed by atoms with Crippen LogP contribution in [0.3, 0.4) is 0 Å². The summed E-state index contributed by atoms with van der Waals surface area (Å²) in [7, 11) is 0. The average molecular weight is 346 g/mol. The molecule has 1 aromatic carbocycles. The molecular formula is C21H22N4O. The molecule has 2 aromatic rings. The lowest BCUT2D eigenvalue weighted by atomic mass is 10.0. The fourth-order valence-electron chi connectivity index (χ4n) is 3.94. The van der Waals surface area contributed by atoms with E-state index in [2.05, 4.69) is 22.9 Å². The van der Waals surface area contributed by atoms with Gasteiger partial charge in [0.15, 0.2) is 0 Å². The second kappa shape index (κ2) is 6.80. The summed E-state index contributed by atoms with van der Waals surface area (Å²) < 4.78 is 0. The number of pyridine rings is 1. The zero-order valence-electron chi connectivity index (χ0n) is 15.0. The van der Waals surface area contributed by atoms with Crippen molar-refractivity contribution in [1.82, 2.24) is 4.98 Å². The third kappa shape index (κ3) is 3.03. The minimum atomic E-state index is -0.0208. The molecule has 0 N–H and O–H groups in total. The summed E-state index contributed by atoms with van der Waals surface area (Å²) in [5.41, 5.74) is 3.22. The van der Waals surface area contributed by atoms with Crippen LogP contribution in [0.1, 0.15) is 41.3 Å². The number of benzene rings is 1. The molecule has 3 heterocycles. The summed E-state index contributed by atoms with van der Waals surface area (Å²) in [5.74, 6) is 1.51. The first-order chi connectivity index (χ1) is 12.7. The predicted octanol–water partition coefficient (Wildman–Crippen LogP) is 3.39. The largest absolute Gasteiger partial charge is 0.356 e. The van der Waals surface area contributed by atoms with Gasteiger partial charge in [-0.15, -0.1) is 0 Å². The minimum Gasteiger partial charge on any atom is -0.356 e. The molecule has 1 saturated heterocycles. The molecule has 0 bridgehead atoms. The Labute approximate surface area is 153 Å². The van der Waals surface area contributed by atoms with Crippen molar-refractivity contribution in [1.29, 1.82) is 5.26 Å². The van der Waals surface area contributed by atoms with E-state index in [1.165, 1.54) is 6.42 Å². The number of fused-ring (bicyclic) bond motifs is 1. The van der Waals surface area contributed by atoms with Gasteiger partial charge in [-0.05, 0) is 55.0 Å². The highest BCUT2D eigenvalue weighted by Crippen LogP contribution is 2.31. The van der Waals surface area contributed by atoms with Crippen LogP contribution in [0.4, 0.5) is 11.5 Å². The van der Waals surface area contributed by atoms with Crippen molar-refractivity contribution in [3.05, 3.63) is 53.2 Å². The molecule has 1 amide bonds. The van der Waals surface area contributed by atoms with Crippen molar-refractivity contribution in [2.75, 3.05) is 29.4 Å². The molecule has 132 valence electrons. The zero-order chi connectivity index (χ0) is 18.1. The maximum absolute atomic E-state index is 13.1. The number of carbonyl (C=O) groups is 1. The molecule has 2 aliphatic heterocycles. The van der Waals surface area contributed by atoms with Crippen LogP contribution < -0.4 is 9.80 Å². The van der Waals surface area contributed by atoms with Crippen LogP contribution in [0.5, 0.6) is 0 Å². The topological polar surface area (TPSA) is 60.2 Å². The molecular weight excluding hydrogens is 324 g/mol. The van der Waals surface area contributed by atoms with Crippen LogP contribution in [-0.4, -0.2) is 30.5 Å². The molecule has 0 saturated carbocycles. The lowest BCUT2D eigenvalue weighted by Gasteiger charge is -2.32. The summed E-state index contributed by atoms with van der Waals surface area (Å²) in [6.45, 7) is 4.90. The van der Waals surface area contributed by atoms with Crippen LogP contribution >= 0.6 is 0 Å². The van der Waals surface area contributed by atoms with Gasteiger partial charge >= 0.3 is 0 Å². The number of amides is 1. The van der Waals surface area contributed by atoms with Gasteiger partial charge in [0.2, 0.25) is 0 Å². The summed E-state index contributed by atoms with van der Waals surface area (Å²) >= 11 is 0. The predicted molar refractivity (Wildman–Crippen MR) is 101 cm³/mol. The van der Waals surface area contributed by atoms with Crippen molar-refractivity contribution in [3.8, 4) is 6.07 Å². The Morgan fingerprint density at radius 2 is 2.15 bits per heavy atom. The van der Waals surface area contributed by atoms with Crippen LogP contribution in [0.25, 0.3) is 0 Å². The van der Waals surface area contributed by atoms with Gasteiger partial charge in [-0.1, -0.05) is 13.0 Å². The SMILES string of the molecule is CC1CCCN(c2cc(C(=O)N3CCc4ccc(C#N)cc43)ccn2)C1. The van der Waals surface area contributed by atoms with Crippen molar-refractivity contribution in [3.63, 3.8) is 0 Å². The fraction of sp³-hybridized carbons (Fsp3) is 0.381. The molecule has 0 spiro atoms. The highest BCUT2D eigenvalue weighted by atomic mass is 16.2. The first-order valence-corrected chi connectivity index (χ1v) is 9.21. The summed E-state index contributed by atoms with van der Waals surface area (Å²) in [6, 6.07) is 11.4. The zero-order valence-corrected chi connectivity index (χ0v) is 15.0. The van der Waals surface area contributed by atoms with Crippen LogP contribution in [-0.2, 0) is 6.42 Å². The van der Waals surface area contributed by atoms with Gasteiger partial charge in [0, 0.05) is 37.1 Å². The number of aromatic nitrogens is 1. The van der Waals surface area contributed by atoms with Gasteiger partial charge in [0.25, 0.3) is 5.91 Å². The second-order valence-electron chi connectivity index (χ2n) is 7.26. The van der Waals surface area contributed by atoms with Crippen molar-refractivity contribution in [2.45, 2.75) is 26.2 Å².